The second-order valence-corrected chi connectivity index (χ2v) is 27.9. The number of rotatable bonds is 22. The molecular formula is C33H57N3O8SSi2. The lowest BCUT2D eigenvalue weighted by molar-refractivity contribution is -0.0993. The molecule has 0 radical (unpaired) electrons. The van der Waals surface area contributed by atoms with Gasteiger partial charge in [0.05, 0.1) is 22.7 Å². The predicted octanol–water partition coefficient (Wildman–Crippen LogP) is 6.18. The molecular weight excluding hydrogens is 655 g/mol. The van der Waals surface area contributed by atoms with Crippen LogP contribution >= 0.6 is 0 Å². The number of carboxylic acid groups (broad SMARTS) is 1. The number of carbonyl (C=O) groups is 1. The number of ether oxygens (including phenoxy) is 4. The zero-order valence-electron chi connectivity index (χ0n) is 29.5. The van der Waals surface area contributed by atoms with E-state index in [1.54, 1.807) is 0 Å². The SMILES string of the molecule is CC(C)CN(C[C@H](OCOCC[Si](C)(C)C)[C@H](Cc1ccccc1)NC(=O)O)S(=O)(=O)c1ccc(OCOCC[Si](C)(C)C)c(N)c1. The van der Waals surface area contributed by atoms with Crippen LogP contribution in [0.2, 0.25) is 51.4 Å². The summed E-state index contributed by atoms with van der Waals surface area (Å²) in [4.78, 5) is 11.9. The summed E-state index contributed by atoms with van der Waals surface area (Å²) in [5.41, 5.74) is 7.30. The van der Waals surface area contributed by atoms with Crippen LogP contribution in [0.25, 0.3) is 0 Å². The normalized spacial score (nSPS) is 13.9. The van der Waals surface area contributed by atoms with Crippen molar-refractivity contribution in [3.63, 3.8) is 0 Å². The van der Waals surface area contributed by atoms with Gasteiger partial charge in [0.25, 0.3) is 0 Å². The van der Waals surface area contributed by atoms with Gasteiger partial charge in [-0.25, -0.2) is 13.2 Å². The molecule has 266 valence electrons. The highest BCUT2D eigenvalue weighted by molar-refractivity contribution is 7.89. The van der Waals surface area contributed by atoms with Gasteiger partial charge < -0.3 is 35.1 Å². The van der Waals surface area contributed by atoms with E-state index < -0.39 is 44.4 Å². The fraction of sp³-hybridized carbons (Fsp3) is 0.606. The van der Waals surface area contributed by atoms with E-state index >= 15 is 0 Å². The Kier molecular flexibility index (Phi) is 16.4. The second kappa shape index (κ2) is 18.9. The number of hydrogen-bond acceptors (Lipinski definition) is 8. The van der Waals surface area contributed by atoms with Gasteiger partial charge in [0.1, 0.15) is 12.5 Å². The molecule has 0 heterocycles. The van der Waals surface area contributed by atoms with Crippen molar-refractivity contribution < 1.29 is 37.3 Å². The number of nitrogen functional groups attached to an aromatic ring is 1. The van der Waals surface area contributed by atoms with E-state index in [2.05, 4.69) is 44.6 Å². The lowest BCUT2D eigenvalue weighted by Gasteiger charge is -2.33. The topological polar surface area (TPSA) is 150 Å². The Morgan fingerprint density at radius 3 is 2.04 bits per heavy atom. The minimum atomic E-state index is -4.08. The zero-order chi connectivity index (χ0) is 35.3. The van der Waals surface area contributed by atoms with Crippen LogP contribution in [0.4, 0.5) is 10.5 Å². The fourth-order valence-corrected chi connectivity index (χ4v) is 7.72. The van der Waals surface area contributed by atoms with Crippen molar-refractivity contribution in [3.8, 4) is 5.75 Å². The highest BCUT2D eigenvalue weighted by atomic mass is 32.2. The number of anilines is 1. The summed E-state index contributed by atoms with van der Waals surface area (Å²) in [5, 5.41) is 12.3. The predicted molar refractivity (Wildman–Crippen MR) is 193 cm³/mol. The van der Waals surface area contributed by atoms with Crippen molar-refractivity contribution in [1.82, 2.24) is 9.62 Å². The molecule has 2 aromatic carbocycles. The van der Waals surface area contributed by atoms with Crippen LogP contribution in [0.15, 0.2) is 53.4 Å². The lowest BCUT2D eigenvalue weighted by atomic mass is 10.0. The molecule has 0 saturated heterocycles. The summed E-state index contributed by atoms with van der Waals surface area (Å²) in [6.07, 6.45) is -1.80. The van der Waals surface area contributed by atoms with Crippen molar-refractivity contribution >= 4 is 38.0 Å². The molecule has 2 rings (SSSR count). The van der Waals surface area contributed by atoms with Crippen molar-refractivity contribution in [2.75, 3.05) is 45.6 Å². The van der Waals surface area contributed by atoms with Gasteiger partial charge in [0.15, 0.2) is 6.79 Å². The number of amides is 1. The highest BCUT2D eigenvalue weighted by Crippen LogP contribution is 2.28. The van der Waals surface area contributed by atoms with Gasteiger partial charge in [-0.3, -0.25) is 0 Å². The Balaban J connectivity index is 2.33. The zero-order valence-corrected chi connectivity index (χ0v) is 32.3. The molecule has 0 bridgehead atoms. The van der Waals surface area contributed by atoms with Gasteiger partial charge >= 0.3 is 6.09 Å². The summed E-state index contributed by atoms with van der Waals surface area (Å²) in [6.45, 7) is 18.4. The molecule has 14 heteroatoms. The quantitative estimate of drug-likeness (QED) is 0.0563. The Morgan fingerprint density at radius 1 is 0.915 bits per heavy atom. The molecule has 47 heavy (non-hydrogen) atoms. The molecule has 2 atom stereocenters. The number of nitrogens with zero attached hydrogens (tertiary/aromatic N) is 1. The summed E-state index contributed by atoms with van der Waals surface area (Å²) >= 11 is 0. The number of nitrogens with one attached hydrogen (secondary N) is 1. The minimum Gasteiger partial charge on any atom is -0.465 e. The molecule has 0 aliphatic carbocycles. The van der Waals surface area contributed by atoms with Gasteiger partial charge in [-0.2, -0.15) is 4.31 Å². The standard InChI is InChI=1S/C33H57N3O8SSi2/c1-26(2)22-36(45(39,40)28-14-15-31(29(34)21-28)43-24-41-16-18-46(3,4)5)23-32(44-25-42-17-19-47(6,7)8)30(35-33(37)38)20-27-12-10-9-11-13-27/h9-15,21,26,30,32,35H,16-20,22-25,34H2,1-8H3,(H,37,38)/t30-,32-/m0/s1. The maximum absolute atomic E-state index is 14.1. The third kappa shape index (κ3) is 16.0. The van der Waals surface area contributed by atoms with Gasteiger partial charge in [-0.15, -0.1) is 0 Å². The lowest BCUT2D eigenvalue weighted by Crippen LogP contribution is -2.52. The fourth-order valence-electron chi connectivity index (χ4n) is 4.56. The number of hydrogen-bond donors (Lipinski definition) is 3. The van der Waals surface area contributed by atoms with Crippen LogP contribution in [0.1, 0.15) is 19.4 Å². The van der Waals surface area contributed by atoms with Crippen molar-refractivity contribution in [1.29, 1.82) is 0 Å². The van der Waals surface area contributed by atoms with Crippen molar-refractivity contribution in [2.45, 2.75) is 88.7 Å². The molecule has 2 aromatic rings. The molecule has 0 aliphatic rings. The van der Waals surface area contributed by atoms with Gasteiger partial charge in [0, 0.05) is 42.5 Å². The van der Waals surface area contributed by atoms with Gasteiger partial charge in [-0.1, -0.05) is 83.5 Å². The van der Waals surface area contributed by atoms with E-state index in [0.29, 0.717) is 25.4 Å². The molecule has 0 unspecified atom stereocenters. The van der Waals surface area contributed by atoms with Gasteiger partial charge in [-0.05, 0) is 48.2 Å². The van der Waals surface area contributed by atoms with Crippen LogP contribution in [0.5, 0.6) is 5.75 Å². The number of nitrogens with two attached hydrogens (primary N) is 1. The largest absolute Gasteiger partial charge is 0.465 e. The third-order valence-electron chi connectivity index (χ3n) is 7.28. The summed E-state index contributed by atoms with van der Waals surface area (Å²) in [5.74, 6) is 0.296. The second-order valence-electron chi connectivity index (χ2n) is 14.7. The smallest absolute Gasteiger partial charge is 0.404 e. The van der Waals surface area contributed by atoms with E-state index in [-0.39, 0.29) is 43.2 Å². The number of benzene rings is 2. The molecule has 1 amide bonds. The average molecular weight is 712 g/mol. The first-order chi connectivity index (χ1) is 21.9. The van der Waals surface area contributed by atoms with Crippen LogP contribution in [0, 0.1) is 5.92 Å². The Hall–Kier alpha value is -2.47. The van der Waals surface area contributed by atoms with Gasteiger partial charge in [0.2, 0.25) is 10.0 Å². The van der Waals surface area contributed by atoms with E-state index in [4.69, 9.17) is 24.7 Å². The Bertz CT molecular complexity index is 1340. The first-order valence-corrected chi connectivity index (χ1v) is 25.1. The molecule has 0 aromatic heterocycles. The van der Waals surface area contributed by atoms with Crippen LogP contribution in [-0.2, 0) is 30.7 Å². The molecule has 11 nitrogen and oxygen atoms in total. The maximum Gasteiger partial charge on any atom is 0.404 e. The summed E-state index contributed by atoms with van der Waals surface area (Å²) in [6, 6.07) is 14.9. The van der Waals surface area contributed by atoms with E-state index in [9.17, 15) is 18.3 Å². The third-order valence-corrected chi connectivity index (χ3v) is 12.5. The van der Waals surface area contributed by atoms with Crippen LogP contribution in [-0.4, -0.2) is 92.1 Å². The van der Waals surface area contributed by atoms with E-state index in [0.717, 1.165) is 17.7 Å². The Morgan fingerprint density at radius 2 is 1.51 bits per heavy atom. The van der Waals surface area contributed by atoms with E-state index in [1.165, 1.54) is 22.5 Å². The molecule has 0 fully saturated rings. The summed E-state index contributed by atoms with van der Waals surface area (Å²) in [7, 11) is -6.67. The van der Waals surface area contributed by atoms with E-state index in [1.807, 2.05) is 44.2 Å². The molecule has 0 spiro atoms. The van der Waals surface area contributed by atoms with Crippen molar-refractivity contribution in [3.05, 3.63) is 54.1 Å². The Labute approximate surface area is 284 Å². The van der Waals surface area contributed by atoms with Crippen LogP contribution in [0.3, 0.4) is 0 Å². The monoisotopic (exact) mass is 711 g/mol. The molecule has 4 N–H and O–H groups in total. The van der Waals surface area contributed by atoms with Crippen LogP contribution < -0.4 is 15.8 Å². The first-order valence-electron chi connectivity index (χ1n) is 16.2. The first kappa shape index (κ1) is 40.7. The van der Waals surface area contributed by atoms with Crippen molar-refractivity contribution in [2.24, 2.45) is 5.92 Å². The highest BCUT2D eigenvalue weighted by Gasteiger charge is 2.33. The average Bonchev–Trinajstić information content (AvgIpc) is 2.95. The maximum atomic E-state index is 14.1. The number of sulfonamides is 1. The molecule has 0 aliphatic heterocycles. The summed E-state index contributed by atoms with van der Waals surface area (Å²) < 4.78 is 52.9. The molecule has 0 saturated carbocycles. The minimum absolute atomic E-state index is 0.00131.